The molecule has 2 fully saturated rings. The Morgan fingerprint density at radius 3 is 2.20 bits per heavy atom. The highest BCUT2D eigenvalue weighted by molar-refractivity contribution is 5.78. The fourth-order valence-corrected chi connectivity index (χ4v) is 1.79. The summed E-state index contributed by atoms with van der Waals surface area (Å²) in [6, 6.07) is 0.486. The van der Waals surface area contributed by atoms with Crippen LogP contribution in [0.15, 0.2) is 4.99 Å². The molecule has 2 aliphatic rings. The van der Waals surface area contributed by atoms with Gasteiger partial charge < -0.3 is 0 Å². The van der Waals surface area contributed by atoms with Gasteiger partial charge in [-0.1, -0.05) is 6.92 Å². The molecule has 0 spiro atoms. The molecule has 0 radical (unpaired) electrons. The van der Waals surface area contributed by atoms with Crippen LogP contribution in [-0.2, 0) is 0 Å². The van der Waals surface area contributed by atoms with E-state index in [9.17, 15) is 0 Å². The topological polar surface area (TPSA) is 12.4 Å². The van der Waals surface area contributed by atoms with Crippen LogP contribution in [0.25, 0.3) is 0 Å². The second kappa shape index (κ2) is 1.46. The maximum Gasteiger partial charge on any atom is 0.0439 e. The summed E-state index contributed by atoms with van der Waals surface area (Å²) in [5, 5.41) is 0. The Morgan fingerprint density at radius 1 is 1.40 bits per heavy atom. The Hall–Kier alpha value is -0.330. The largest absolute Gasteiger partial charge is 0.294 e. The molecule has 1 heteroatoms. The van der Waals surface area contributed by atoms with Gasteiger partial charge >= 0.3 is 0 Å². The van der Waals surface area contributed by atoms with Crippen LogP contribution < -0.4 is 0 Å². The maximum atomic E-state index is 4.42. The second-order valence-electron chi connectivity index (χ2n) is 4.44. The van der Waals surface area contributed by atoms with E-state index in [-0.39, 0.29) is 0 Å². The molecular weight excluding hydrogens is 122 g/mol. The minimum absolute atomic E-state index is 0.486. The van der Waals surface area contributed by atoms with Gasteiger partial charge in [0, 0.05) is 17.7 Å². The summed E-state index contributed by atoms with van der Waals surface area (Å²) in [5.74, 6) is 0. The number of nitrogens with zero attached hydrogens (tertiary/aromatic N) is 1. The Labute approximate surface area is 62.5 Å². The van der Waals surface area contributed by atoms with Crippen LogP contribution in [0.3, 0.4) is 0 Å². The van der Waals surface area contributed by atoms with E-state index in [1.165, 1.54) is 12.8 Å². The quantitative estimate of drug-likeness (QED) is 0.518. The summed E-state index contributed by atoms with van der Waals surface area (Å²) in [6.45, 7) is 6.63. The summed E-state index contributed by atoms with van der Waals surface area (Å²) < 4.78 is 0. The Bertz CT molecular complexity index is 185. The molecule has 2 aliphatic carbocycles. The first-order valence-corrected chi connectivity index (χ1v) is 4.12. The van der Waals surface area contributed by atoms with Crippen LogP contribution in [0.1, 0.15) is 33.6 Å². The summed E-state index contributed by atoms with van der Waals surface area (Å²) in [6.07, 6.45) is 5.00. The highest BCUT2D eigenvalue weighted by Gasteiger charge is 2.79. The molecular formula is C9H15N. The van der Waals surface area contributed by atoms with E-state index in [0.29, 0.717) is 16.9 Å². The molecule has 0 aromatic heterocycles. The minimum atomic E-state index is 0.486. The lowest BCUT2D eigenvalue weighted by atomic mass is 10.2. The zero-order valence-corrected chi connectivity index (χ0v) is 7.02. The molecule has 0 aromatic carbocycles. The Balaban J connectivity index is 1.94. The van der Waals surface area contributed by atoms with Gasteiger partial charge in [-0.15, -0.1) is 0 Å². The molecule has 56 valence electrons. The normalized spacial score (nSPS) is 50.0. The maximum absolute atomic E-state index is 4.42. The van der Waals surface area contributed by atoms with Gasteiger partial charge in [0.25, 0.3) is 0 Å². The van der Waals surface area contributed by atoms with Crippen LogP contribution in [0.4, 0.5) is 0 Å². The third-order valence-corrected chi connectivity index (χ3v) is 2.98. The third kappa shape index (κ3) is 0.664. The number of aliphatic imine (C=N–C) groups is 1. The van der Waals surface area contributed by atoms with Crippen LogP contribution in [0.5, 0.6) is 0 Å². The van der Waals surface area contributed by atoms with E-state index >= 15 is 0 Å². The highest BCUT2D eigenvalue weighted by Crippen LogP contribution is 2.84. The van der Waals surface area contributed by atoms with Crippen LogP contribution in [0, 0.1) is 10.8 Å². The van der Waals surface area contributed by atoms with Crippen molar-refractivity contribution in [3.63, 3.8) is 0 Å². The molecule has 2 rings (SSSR count). The first-order valence-electron chi connectivity index (χ1n) is 4.12. The number of hydrogen-bond donors (Lipinski definition) is 0. The van der Waals surface area contributed by atoms with Crippen molar-refractivity contribution in [1.29, 1.82) is 0 Å². The monoisotopic (exact) mass is 137 g/mol. The average Bonchev–Trinajstić information content (AvgIpc) is 2.48. The fraction of sp³-hybridized carbons (Fsp3) is 0.889. The third-order valence-electron chi connectivity index (χ3n) is 2.98. The van der Waals surface area contributed by atoms with E-state index in [0.717, 1.165) is 0 Å². The van der Waals surface area contributed by atoms with Crippen molar-refractivity contribution < 1.29 is 0 Å². The first kappa shape index (κ1) is 6.38. The summed E-state index contributed by atoms with van der Waals surface area (Å²) in [7, 11) is 0. The van der Waals surface area contributed by atoms with E-state index in [1.807, 2.05) is 0 Å². The molecule has 0 aromatic rings. The van der Waals surface area contributed by atoms with E-state index in [2.05, 4.69) is 32.0 Å². The molecule has 10 heavy (non-hydrogen) atoms. The minimum Gasteiger partial charge on any atom is -0.294 e. The van der Waals surface area contributed by atoms with Gasteiger partial charge in [-0.25, -0.2) is 0 Å². The molecule has 0 amide bonds. The van der Waals surface area contributed by atoms with Crippen LogP contribution in [0.2, 0.25) is 0 Å². The van der Waals surface area contributed by atoms with E-state index in [1.54, 1.807) is 0 Å². The number of hydrogen-bond acceptors (Lipinski definition) is 1. The van der Waals surface area contributed by atoms with E-state index < -0.39 is 0 Å². The molecule has 0 atom stereocenters. The molecule has 0 bridgehead atoms. The standard InChI is InChI=1S/C9H15N/c1-7(2)10-6-9-4-8(9,3)5-9/h6-7H,4-5H2,1-3H3. The average molecular weight is 137 g/mol. The predicted molar refractivity (Wildman–Crippen MR) is 43.4 cm³/mol. The number of fused-ring (bicyclic) bond motifs is 1. The zero-order chi connectivity index (χ0) is 7.41. The lowest BCUT2D eigenvalue weighted by Gasteiger charge is -1.95. The molecule has 0 N–H and O–H groups in total. The Morgan fingerprint density at radius 2 is 1.90 bits per heavy atom. The van der Waals surface area contributed by atoms with Crippen molar-refractivity contribution in [2.75, 3.05) is 0 Å². The van der Waals surface area contributed by atoms with Gasteiger partial charge in [-0.2, -0.15) is 0 Å². The molecule has 0 unspecified atom stereocenters. The summed E-state index contributed by atoms with van der Waals surface area (Å²) in [5.41, 5.74) is 1.29. The second-order valence-corrected chi connectivity index (χ2v) is 4.44. The van der Waals surface area contributed by atoms with Crippen molar-refractivity contribution in [1.82, 2.24) is 0 Å². The van der Waals surface area contributed by atoms with Gasteiger partial charge in [0.1, 0.15) is 0 Å². The van der Waals surface area contributed by atoms with Crippen LogP contribution in [-0.4, -0.2) is 12.3 Å². The van der Waals surface area contributed by atoms with E-state index in [4.69, 9.17) is 0 Å². The summed E-state index contributed by atoms with van der Waals surface area (Å²) in [4.78, 5) is 4.42. The predicted octanol–water partition coefficient (Wildman–Crippen LogP) is 2.27. The molecule has 1 nitrogen and oxygen atoms in total. The lowest BCUT2D eigenvalue weighted by molar-refractivity contribution is 0.714. The van der Waals surface area contributed by atoms with Gasteiger partial charge in [0.15, 0.2) is 0 Å². The van der Waals surface area contributed by atoms with Crippen molar-refractivity contribution in [2.45, 2.75) is 39.7 Å². The molecule has 2 saturated carbocycles. The molecule has 0 aliphatic heterocycles. The SMILES string of the molecule is CC(C)N=CC12CC1(C)C2. The Kier molecular flexibility index (Phi) is 0.934. The highest BCUT2D eigenvalue weighted by atomic mass is 14.9. The smallest absolute Gasteiger partial charge is 0.0439 e. The van der Waals surface area contributed by atoms with Crippen molar-refractivity contribution in [3.05, 3.63) is 0 Å². The van der Waals surface area contributed by atoms with Crippen molar-refractivity contribution >= 4 is 6.21 Å². The summed E-state index contributed by atoms with van der Waals surface area (Å²) >= 11 is 0. The van der Waals surface area contributed by atoms with Gasteiger partial charge in [0.2, 0.25) is 0 Å². The molecule has 0 heterocycles. The number of rotatable bonds is 2. The first-order chi connectivity index (χ1) is 4.58. The van der Waals surface area contributed by atoms with Gasteiger partial charge in [0.05, 0.1) is 0 Å². The van der Waals surface area contributed by atoms with Gasteiger partial charge in [-0.3, -0.25) is 4.99 Å². The van der Waals surface area contributed by atoms with Crippen LogP contribution >= 0.6 is 0 Å². The van der Waals surface area contributed by atoms with Crippen molar-refractivity contribution in [3.8, 4) is 0 Å². The molecule has 0 saturated heterocycles. The van der Waals surface area contributed by atoms with Crippen molar-refractivity contribution in [2.24, 2.45) is 15.8 Å². The fourth-order valence-electron chi connectivity index (χ4n) is 1.79. The van der Waals surface area contributed by atoms with Gasteiger partial charge in [-0.05, 0) is 32.1 Å². The zero-order valence-electron chi connectivity index (χ0n) is 7.02. The lowest BCUT2D eigenvalue weighted by Crippen LogP contribution is -1.93.